The Hall–Kier alpha value is -3.19. The molecule has 1 aliphatic heterocycles. The molecule has 0 spiro atoms. The Morgan fingerprint density at radius 1 is 1.13 bits per heavy atom. The highest BCUT2D eigenvalue weighted by Crippen LogP contribution is 2.40. The van der Waals surface area contributed by atoms with Crippen LogP contribution in [0.15, 0.2) is 54.1 Å². The summed E-state index contributed by atoms with van der Waals surface area (Å²) in [6, 6.07) is 11.3. The molecular formula is C24H26FNO5. The van der Waals surface area contributed by atoms with E-state index in [0.29, 0.717) is 23.8 Å². The van der Waals surface area contributed by atoms with Crippen molar-refractivity contribution >= 4 is 17.4 Å². The predicted molar refractivity (Wildman–Crippen MR) is 114 cm³/mol. The van der Waals surface area contributed by atoms with Gasteiger partial charge >= 0.3 is 0 Å². The van der Waals surface area contributed by atoms with Gasteiger partial charge in [0, 0.05) is 24.3 Å². The van der Waals surface area contributed by atoms with Crippen LogP contribution in [0, 0.1) is 11.7 Å². The molecule has 2 N–H and O–H groups in total. The van der Waals surface area contributed by atoms with Crippen molar-refractivity contribution in [3.8, 4) is 5.75 Å². The number of benzene rings is 2. The molecule has 1 heterocycles. The molecule has 7 heteroatoms. The second-order valence-corrected chi connectivity index (χ2v) is 7.82. The van der Waals surface area contributed by atoms with Gasteiger partial charge in [0.2, 0.25) is 0 Å². The van der Waals surface area contributed by atoms with Gasteiger partial charge in [-0.05, 0) is 42.7 Å². The molecule has 1 fully saturated rings. The molecule has 6 nitrogen and oxygen atoms in total. The highest BCUT2D eigenvalue weighted by molar-refractivity contribution is 6.46. The minimum atomic E-state index is -1.08. The number of likely N-dealkylation sites (tertiary alicyclic amines) is 1. The number of aliphatic hydroxyl groups is 2. The van der Waals surface area contributed by atoms with E-state index in [-0.39, 0.29) is 36.5 Å². The summed E-state index contributed by atoms with van der Waals surface area (Å²) in [5.74, 6) is -1.73. The van der Waals surface area contributed by atoms with Gasteiger partial charge in [-0.25, -0.2) is 4.39 Å². The lowest BCUT2D eigenvalue weighted by atomic mass is 9.95. The molecule has 0 saturated carbocycles. The van der Waals surface area contributed by atoms with Crippen LogP contribution in [0.1, 0.15) is 37.4 Å². The summed E-state index contributed by atoms with van der Waals surface area (Å²) in [7, 11) is 0. The fourth-order valence-corrected chi connectivity index (χ4v) is 3.50. The van der Waals surface area contributed by atoms with Crippen LogP contribution >= 0.6 is 0 Å². The molecule has 31 heavy (non-hydrogen) atoms. The van der Waals surface area contributed by atoms with Gasteiger partial charge in [-0.3, -0.25) is 9.59 Å². The van der Waals surface area contributed by atoms with E-state index in [1.54, 1.807) is 30.3 Å². The number of hydrogen-bond donors (Lipinski definition) is 2. The van der Waals surface area contributed by atoms with Gasteiger partial charge in [0.15, 0.2) is 0 Å². The molecule has 1 unspecified atom stereocenters. The average Bonchev–Trinajstić information content (AvgIpc) is 3.01. The number of aliphatic hydroxyl groups excluding tert-OH is 2. The number of ether oxygens (including phenoxy) is 1. The Labute approximate surface area is 180 Å². The molecule has 0 bridgehead atoms. The van der Waals surface area contributed by atoms with Crippen molar-refractivity contribution in [2.24, 2.45) is 5.92 Å². The highest BCUT2D eigenvalue weighted by Gasteiger charge is 2.46. The van der Waals surface area contributed by atoms with Crippen LogP contribution in [0.3, 0.4) is 0 Å². The number of ketones is 1. The summed E-state index contributed by atoms with van der Waals surface area (Å²) in [4.78, 5) is 26.7. The Kier molecular flexibility index (Phi) is 7.07. The van der Waals surface area contributed by atoms with Crippen LogP contribution in [0.4, 0.5) is 4.39 Å². The Bertz CT molecular complexity index is 984. The Balaban J connectivity index is 2.04. The zero-order valence-corrected chi connectivity index (χ0v) is 17.5. The molecule has 2 aromatic carbocycles. The highest BCUT2D eigenvalue weighted by atomic mass is 19.1. The summed E-state index contributed by atoms with van der Waals surface area (Å²) in [5.41, 5.74) is 0.250. The van der Waals surface area contributed by atoms with E-state index in [2.05, 4.69) is 0 Å². The monoisotopic (exact) mass is 427 g/mol. The van der Waals surface area contributed by atoms with Gasteiger partial charge in [0.1, 0.15) is 17.3 Å². The zero-order valence-electron chi connectivity index (χ0n) is 17.5. The van der Waals surface area contributed by atoms with Crippen molar-refractivity contribution in [3.05, 3.63) is 71.0 Å². The van der Waals surface area contributed by atoms with Crippen LogP contribution in [0.25, 0.3) is 5.76 Å². The van der Waals surface area contributed by atoms with Crippen molar-refractivity contribution in [1.29, 1.82) is 0 Å². The molecular weight excluding hydrogens is 401 g/mol. The van der Waals surface area contributed by atoms with Crippen LogP contribution in [0.5, 0.6) is 5.75 Å². The first-order valence-corrected chi connectivity index (χ1v) is 10.2. The summed E-state index contributed by atoms with van der Waals surface area (Å²) in [6.45, 7) is 4.45. The maximum absolute atomic E-state index is 14.6. The van der Waals surface area contributed by atoms with Crippen molar-refractivity contribution in [3.63, 3.8) is 0 Å². The fourth-order valence-electron chi connectivity index (χ4n) is 3.50. The first kappa shape index (κ1) is 22.5. The molecule has 1 atom stereocenters. The largest absolute Gasteiger partial charge is 0.507 e. The third kappa shape index (κ3) is 4.77. The van der Waals surface area contributed by atoms with E-state index in [1.807, 2.05) is 13.8 Å². The Morgan fingerprint density at radius 2 is 1.81 bits per heavy atom. The molecule has 1 aliphatic rings. The van der Waals surface area contributed by atoms with Gasteiger partial charge in [-0.15, -0.1) is 0 Å². The number of halogens is 1. The van der Waals surface area contributed by atoms with Crippen molar-refractivity contribution in [1.82, 2.24) is 4.90 Å². The van der Waals surface area contributed by atoms with E-state index in [1.165, 1.54) is 23.1 Å². The molecule has 3 rings (SSSR count). The summed E-state index contributed by atoms with van der Waals surface area (Å²) in [5, 5.41) is 20.1. The maximum Gasteiger partial charge on any atom is 0.295 e. The number of rotatable bonds is 8. The van der Waals surface area contributed by atoms with Gasteiger partial charge in [-0.2, -0.15) is 0 Å². The van der Waals surface area contributed by atoms with E-state index in [4.69, 9.17) is 4.74 Å². The first-order chi connectivity index (χ1) is 14.8. The average molecular weight is 427 g/mol. The molecule has 0 aromatic heterocycles. The third-order valence-corrected chi connectivity index (χ3v) is 5.01. The van der Waals surface area contributed by atoms with Crippen molar-refractivity contribution in [2.45, 2.75) is 26.3 Å². The number of nitrogens with zero attached hydrogens (tertiary/aromatic N) is 1. The second-order valence-electron chi connectivity index (χ2n) is 7.82. The maximum atomic E-state index is 14.6. The minimum absolute atomic E-state index is 0.0544. The van der Waals surface area contributed by atoms with Crippen LogP contribution < -0.4 is 4.74 Å². The third-order valence-electron chi connectivity index (χ3n) is 5.01. The topological polar surface area (TPSA) is 87.1 Å². The van der Waals surface area contributed by atoms with Crippen molar-refractivity contribution < 1.29 is 28.9 Å². The summed E-state index contributed by atoms with van der Waals surface area (Å²) >= 11 is 0. The smallest absolute Gasteiger partial charge is 0.295 e. The number of hydrogen-bond acceptors (Lipinski definition) is 5. The minimum Gasteiger partial charge on any atom is -0.507 e. The molecule has 0 aliphatic carbocycles. The number of amides is 1. The summed E-state index contributed by atoms with van der Waals surface area (Å²) in [6.07, 6.45) is 0.222. The van der Waals surface area contributed by atoms with Crippen LogP contribution in [-0.2, 0) is 9.59 Å². The summed E-state index contributed by atoms with van der Waals surface area (Å²) < 4.78 is 20.2. The van der Waals surface area contributed by atoms with Crippen LogP contribution in [-0.4, -0.2) is 46.6 Å². The standard InChI is InChI=1S/C24H26FNO5/c1-15(2)14-31-17-10-8-16(9-11-17)22(28)20-21(18-6-3-4-7-19(18)25)26(12-5-13-27)24(30)23(20)29/h3-4,6-11,15,21,27-28H,5,12-14H2,1-2H3. The molecule has 164 valence electrons. The van der Waals surface area contributed by atoms with Crippen LogP contribution in [0.2, 0.25) is 0 Å². The van der Waals surface area contributed by atoms with Gasteiger partial charge in [0.25, 0.3) is 11.7 Å². The quantitative estimate of drug-likeness (QED) is 0.381. The number of carbonyl (C=O) groups excluding carboxylic acids is 2. The Morgan fingerprint density at radius 3 is 2.42 bits per heavy atom. The van der Waals surface area contributed by atoms with E-state index < -0.39 is 23.5 Å². The molecule has 1 amide bonds. The zero-order chi connectivity index (χ0) is 22.5. The van der Waals surface area contributed by atoms with E-state index >= 15 is 0 Å². The van der Waals surface area contributed by atoms with E-state index in [0.717, 1.165) is 0 Å². The molecule has 0 radical (unpaired) electrons. The fraction of sp³-hybridized carbons (Fsp3) is 0.333. The lowest BCUT2D eigenvalue weighted by Gasteiger charge is -2.25. The molecule has 1 saturated heterocycles. The van der Waals surface area contributed by atoms with Gasteiger partial charge < -0.3 is 19.8 Å². The first-order valence-electron chi connectivity index (χ1n) is 10.2. The predicted octanol–water partition coefficient (Wildman–Crippen LogP) is 3.66. The van der Waals surface area contributed by atoms with Crippen molar-refractivity contribution in [2.75, 3.05) is 19.8 Å². The van der Waals surface area contributed by atoms with E-state index in [9.17, 15) is 24.2 Å². The SMILES string of the molecule is CC(C)COc1ccc(C(O)=C2C(=O)C(=O)N(CCCO)C2c2ccccc2F)cc1. The van der Waals surface area contributed by atoms with Gasteiger partial charge in [0.05, 0.1) is 18.2 Å². The number of Topliss-reactive ketones (excluding diaryl/α,β-unsaturated/α-hetero) is 1. The normalized spacial score (nSPS) is 18.1. The lowest BCUT2D eigenvalue weighted by molar-refractivity contribution is -0.140. The second kappa shape index (κ2) is 9.75. The number of carbonyl (C=O) groups is 2. The lowest BCUT2D eigenvalue weighted by Crippen LogP contribution is -2.31. The van der Waals surface area contributed by atoms with Gasteiger partial charge in [-0.1, -0.05) is 32.0 Å². The molecule has 2 aromatic rings.